The molecule has 0 bridgehead atoms. The standard InChI is InChI=1S/C13H15ClN2O3/c1-15(12(17)7-14)8-11-9-16(13(18)19-11)10-5-3-2-4-6-10/h2-6,11H,7-9H2,1H3. The lowest BCUT2D eigenvalue weighted by molar-refractivity contribution is -0.128. The van der Waals surface area contributed by atoms with Crippen LogP contribution in [0, 0.1) is 0 Å². The molecule has 1 aliphatic rings. The summed E-state index contributed by atoms with van der Waals surface area (Å²) >= 11 is 5.48. The fourth-order valence-corrected chi connectivity index (χ4v) is 2.15. The number of hydrogen-bond donors (Lipinski definition) is 0. The zero-order valence-electron chi connectivity index (χ0n) is 10.6. The van der Waals surface area contributed by atoms with Crippen LogP contribution in [-0.4, -0.2) is 49.0 Å². The van der Waals surface area contributed by atoms with Crippen LogP contribution in [0.3, 0.4) is 0 Å². The second-order valence-corrected chi connectivity index (χ2v) is 4.63. The van der Waals surface area contributed by atoms with Gasteiger partial charge in [-0.25, -0.2) is 4.79 Å². The van der Waals surface area contributed by atoms with Gasteiger partial charge in [-0.15, -0.1) is 11.6 Å². The van der Waals surface area contributed by atoms with Crippen molar-refractivity contribution < 1.29 is 14.3 Å². The number of cyclic esters (lactones) is 1. The zero-order chi connectivity index (χ0) is 13.8. The molecule has 0 spiro atoms. The first-order chi connectivity index (χ1) is 9.11. The van der Waals surface area contributed by atoms with Crippen molar-refractivity contribution in [2.75, 3.05) is 30.9 Å². The van der Waals surface area contributed by atoms with Crippen molar-refractivity contribution in [2.24, 2.45) is 0 Å². The van der Waals surface area contributed by atoms with Crippen LogP contribution < -0.4 is 4.90 Å². The molecule has 102 valence electrons. The summed E-state index contributed by atoms with van der Waals surface area (Å²) < 4.78 is 5.24. The molecule has 2 rings (SSSR count). The van der Waals surface area contributed by atoms with Crippen molar-refractivity contribution in [3.8, 4) is 0 Å². The molecule has 5 nitrogen and oxygen atoms in total. The van der Waals surface area contributed by atoms with E-state index in [0.29, 0.717) is 13.1 Å². The molecule has 19 heavy (non-hydrogen) atoms. The Labute approximate surface area is 116 Å². The van der Waals surface area contributed by atoms with Gasteiger partial charge in [0.25, 0.3) is 0 Å². The van der Waals surface area contributed by atoms with Gasteiger partial charge in [0.2, 0.25) is 5.91 Å². The van der Waals surface area contributed by atoms with Gasteiger partial charge >= 0.3 is 6.09 Å². The summed E-state index contributed by atoms with van der Waals surface area (Å²) in [5, 5.41) is 0. The van der Waals surface area contributed by atoms with E-state index in [1.807, 2.05) is 30.3 Å². The Balaban J connectivity index is 1.98. The van der Waals surface area contributed by atoms with Gasteiger partial charge in [0.05, 0.1) is 13.1 Å². The molecule has 1 atom stereocenters. The van der Waals surface area contributed by atoms with Crippen molar-refractivity contribution in [2.45, 2.75) is 6.10 Å². The predicted octanol–water partition coefficient (Wildman–Crippen LogP) is 1.71. The lowest BCUT2D eigenvalue weighted by Crippen LogP contribution is -2.37. The fraction of sp³-hybridized carbons (Fsp3) is 0.385. The molecule has 0 radical (unpaired) electrons. The number of ether oxygens (including phenoxy) is 1. The minimum atomic E-state index is -0.386. The third-order valence-electron chi connectivity index (χ3n) is 2.96. The normalized spacial score (nSPS) is 18.3. The van der Waals surface area contributed by atoms with E-state index in [2.05, 4.69) is 0 Å². The van der Waals surface area contributed by atoms with E-state index in [4.69, 9.17) is 16.3 Å². The summed E-state index contributed by atoms with van der Waals surface area (Å²) in [4.78, 5) is 26.2. The van der Waals surface area contributed by atoms with Crippen LogP contribution in [-0.2, 0) is 9.53 Å². The van der Waals surface area contributed by atoms with E-state index in [0.717, 1.165) is 5.69 Å². The first-order valence-electron chi connectivity index (χ1n) is 5.95. The maximum Gasteiger partial charge on any atom is 0.414 e. The van der Waals surface area contributed by atoms with Gasteiger partial charge < -0.3 is 9.64 Å². The van der Waals surface area contributed by atoms with Crippen LogP contribution in [0.25, 0.3) is 0 Å². The first kappa shape index (κ1) is 13.7. The van der Waals surface area contributed by atoms with E-state index in [-0.39, 0.29) is 24.0 Å². The van der Waals surface area contributed by atoms with Gasteiger partial charge in [0.1, 0.15) is 12.0 Å². The van der Waals surface area contributed by atoms with E-state index in [1.54, 1.807) is 11.9 Å². The molecule has 1 saturated heterocycles. The third kappa shape index (κ3) is 3.17. The van der Waals surface area contributed by atoms with Crippen LogP contribution in [0.1, 0.15) is 0 Å². The lowest BCUT2D eigenvalue weighted by Gasteiger charge is -2.19. The van der Waals surface area contributed by atoms with Crippen molar-refractivity contribution >= 4 is 29.3 Å². The zero-order valence-corrected chi connectivity index (χ0v) is 11.3. The van der Waals surface area contributed by atoms with Crippen molar-refractivity contribution in [1.29, 1.82) is 0 Å². The van der Waals surface area contributed by atoms with Crippen molar-refractivity contribution in [3.05, 3.63) is 30.3 Å². The lowest BCUT2D eigenvalue weighted by atomic mass is 10.2. The van der Waals surface area contributed by atoms with E-state index < -0.39 is 0 Å². The Bertz CT molecular complexity index is 466. The fourth-order valence-electron chi connectivity index (χ4n) is 1.94. The number of para-hydroxylation sites is 1. The SMILES string of the molecule is CN(CC1CN(c2ccccc2)C(=O)O1)C(=O)CCl. The molecular formula is C13H15ClN2O3. The third-order valence-corrected chi connectivity index (χ3v) is 3.19. The summed E-state index contributed by atoms with van der Waals surface area (Å²) in [6, 6.07) is 9.29. The van der Waals surface area contributed by atoms with Crippen LogP contribution in [0.15, 0.2) is 30.3 Å². The predicted molar refractivity (Wildman–Crippen MR) is 72.4 cm³/mol. The maximum atomic E-state index is 11.8. The number of carbonyl (C=O) groups is 2. The van der Waals surface area contributed by atoms with Gasteiger partial charge in [0.15, 0.2) is 0 Å². The molecular weight excluding hydrogens is 268 g/mol. The number of halogens is 1. The van der Waals surface area contributed by atoms with E-state index >= 15 is 0 Å². The average molecular weight is 283 g/mol. The van der Waals surface area contributed by atoms with Crippen molar-refractivity contribution in [3.63, 3.8) is 0 Å². The van der Waals surface area contributed by atoms with Crippen LogP contribution in [0.4, 0.5) is 10.5 Å². The highest BCUT2D eigenvalue weighted by Gasteiger charge is 2.33. The minimum absolute atomic E-state index is 0.0699. The number of anilines is 1. The number of rotatable bonds is 4. The second-order valence-electron chi connectivity index (χ2n) is 4.36. The summed E-state index contributed by atoms with van der Waals surface area (Å²) in [5.41, 5.74) is 0.793. The molecule has 1 aromatic rings. The number of likely N-dealkylation sites (N-methyl/N-ethyl adjacent to an activating group) is 1. The molecule has 1 aliphatic heterocycles. The topological polar surface area (TPSA) is 49.9 Å². The van der Waals surface area contributed by atoms with E-state index in [9.17, 15) is 9.59 Å². The minimum Gasteiger partial charge on any atom is -0.442 e. The average Bonchev–Trinajstić information content (AvgIpc) is 2.79. The summed E-state index contributed by atoms with van der Waals surface area (Å²) in [7, 11) is 1.64. The van der Waals surface area contributed by atoms with Crippen LogP contribution >= 0.6 is 11.6 Å². The Hall–Kier alpha value is -1.75. The molecule has 0 aliphatic carbocycles. The molecule has 1 fully saturated rings. The number of alkyl halides is 1. The quantitative estimate of drug-likeness (QED) is 0.790. The molecule has 6 heteroatoms. The Kier molecular flexibility index (Phi) is 4.27. The Morgan fingerprint density at radius 1 is 1.47 bits per heavy atom. The molecule has 1 heterocycles. The smallest absolute Gasteiger partial charge is 0.414 e. The second kappa shape index (κ2) is 5.93. The van der Waals surface area contributed by atoms with Gasteiger partial charge in [-0.1, -0.05) is 18.2 Å². The van der Waals surface area contributed by atoms with Crippen molar-refractivity contribution in [1.82, 2.24) is 4.90 Å². The summed E-state index contributed by atoms with van der Waals surface area (Å²) in [6.07, 6.45) is -0.715. The van der Waals surface area contributed by atoms with Crippen LogP contribution in [0.5, 0.6) is 0 Å². The number of benzene rings is 1. The summed E-state index contributed by atoms with van der Waals surface area (Å²) in [6.45, 7) is 0.781. The van der Waals surface area contributed by atoms with Gasteiger partial charge in [0, 0.05) is 12.7 Å². The largest absolute Gasteiger partial charge is 0.442 e. The number of carbonyl (C=O) groups excluding carboxylic acids is 2. The highest BCUT2D eigenvalue weighted by atomic mass is 35.5. The monoisotopic (exact) mass is 282 g/mol. The Morgan fingerprint density at radius 3 is 2.79 bits per heavy atom. The van der Waals surface area contributed by atoms with Gasteiger partial charge in [-0.05, 0) is 12.1 Å². The van der Waals surface area contributed by atoms with E-state index in [1.165, 1.54) is 4.90 Å². The first-order valence-corrected chi connectivity index (χ1v) is 6.48. The maximum absolute atomic E-state index is 11.8. The molecule has 2 amide bonds. The summed E-state index contributed by atoms with van der Waals surface area (Å²) in [5.74, 6) is -0.254. The molecule has 0 aromatic heterocycles. The van der Waals surface area contributed by atoms with Gasteiger partial charge in [-0.3, -0.25) is 9.69 Å². The molecule has 0 saturated carbocycles. The highest BCUT2D eigenvalue weighted by Crippen LogP contribution is 2.21. The molecule has 1 unspecified atom stereocenters. The van der Waals surface area contributed by atoms with Crippen LogP contribution in [0.2, 0.25) is 0 Å². The number of nitrogens with zero attached hydrogens (tertiary/aromatic N) is 2. The Morgan fingerprint density at radius 2 is 2.16 bits per heavy atom. The molecule has 1 aromatic carbocycles. The number of amides is 2. The number of hydrogen-bond acceptors (Lipinski definition) is 3. The molecule has 0 N–H and O–H groups in total. The van der Waals surface area contributed by atoms with Gasteiger partial charge in [-0.2, -0.15) is 0 Å². The highest BCUT2D eigenvalue weighted by molar-refractivity contribution is 6.27.